The fourth-order valence-corrected chi connectivity index (χ4v) is 3.59. The number of piperidine rings is 1. The quantitative estimate of drug-likeness (QED) is 0.891. The first-order valence-electron chi connectivity index (χ1n) is 6.94. The molecular weight excluding hydrogens is 227 g/mol. The molecule has 1 aliphatic heterocycles. The third kappa shape index (κ3) is 2.01. The molecule has 1 aliphatic carbocycles. The van der Waals surface area contributed by atoms with Gasteiger partial charge in [-0.1, -0.05) is 12.1 Å². The van der Waals surface area contributed by atoms with Gasteiger partial charge in [0.25, 0.3) is 0 Å². The smallest absolute Gasteiger partial charge is 0.146 e. The van der Waals surface area contributed by atoms with Crippen molar-refractivity contribution in [3.63, 3.8) is 0 Å². The van der Waals surface area contributed by atoms with E-state index in [1.54, 1.807) is 12.1 Å². The molecule has 98 valence electrons. The van der Waals surface area contributed by atoms with E-state index < -0.39 is 0 Å². The van der Waals surface area contributed by atoms with Crippen LogP contribution in [0, 0.1) is 11.7 Å². The number of fused-ring (bicyclic) bond motifs is 2. The molecule has 3 rings (SSSR count). The highest BCUT2D eigenvalue weighted by molar-refractivity contribution is 5.57. The summed E-state index contributed by atoms with van der Waals surface area (Å²) in [6, 6.07) is 6.02. The first-order chi connectivity index (χ1) is 8.65. The Labute approximate surface area is 108 Å². The molecule has 0 aromatic heterocycles. The second kappa shape index (κ2) is 4.54. The largest absolute Gasteiger partial charge is 0.366 e. The molecule has 2 fully saturated rings. The van der Waals surface area contributed by atoms with E-state index >= 15 is 0 Å². The zero-order valence-electron chi connectivity index (χ0n) is 10.9. The second-order valence-corrected chi connectivity index (χ2v) is 5.91. The molecule has 1 saturated carbocycles. The molecule has 0 spiro atoms. The van der Waals surface area contributed by atoms with Gasteiger partial charge in [-0.25, -0.2) is 4.39 Å². The van der Waals surface area contributed by atoms with Crippen molar-refractivity contribution in [2.24, 2.45) is 11.7 Å². The Balaban J connectivity index is 1.94. The Kier molecular flexibility index (Phi) is 3.02. The van der Waals surface area contributed by atoms with E-state index in [4.69, 9.17) is 5.73 Å². The minimum atomic E-state index is -0.0827. The van der Waals surface area contributed by atoms with Gasteiger partial charge in [-0.2, -0.15) is 0 Å². The van der Waals surface area contributed by atoms with Crippen molar-refractivity contribution in [2.45, 2.75) is 44.7 Å². The van der Waals surface area contributed by atoms with Crippen LogP contribution < -0.4 is 10.6 Å². The SMILES string of the molecule is CC(N)Cc1cccc(F)c1N1CC2CCC1C2. The van der Waals surface area contributed by atoms with Crippen molar-refractivity contribution in [1.29, 1.82) is 0 Å². The molecule has 3 atom stereocenters. The van der Waals surface area contributed by atoms with E-state index in [1.165, 1.54) is 19.3 Å². The highest BCUT2D eigenvalue weighted by atomic mass is 19.1. The van der Waals surface area contributed by atoms with Gasteiger partial charge in [0.2, 0.25) is 0 Å². The summed E-state index contributed by atoms with van der Waals surface area (Å²) in [6.45, 7) is 3.00. The highest BCUT2D eigenvalue weighted by Crippen LogP contribution is 2.42. The molecule has 1 aromatic rings. The fourth-order valence-electron chi connectivity index (χ4n) is 3.59. The lowest BCUT2D eigenvalue weighted by Crippen LogP contribution is -2.34. The van der Waals surface area contributed by atoms with Crippen molar-refractivity contribution in [2.75, 3.05) is 11.4 Å². The highest BCUT2D eigenvalue weighted by Gasteiger charge is 2.39. The van der Waals surface area contributed by atoms with E-state index in [9.17, 15) is 4.39 Å². The summed E-state index contributed by atoms with van der Waals surface area (Å²) in [5.41, 5.74) is 7.77. The number of para-hydroxylation sites is 1. The van der Waals surface area contributed by atoms with E-state index in [0.717, 1.165) is 30.1 Å². The first-order valence-corrected chi connectivity index (χ1v) is 6.94. The van der Waals surface area contributed by atoms with Crippen LogP contribution in [-0.2, 0) is 6.42 Å². The predicted molar refractivity (Wildman–Crippen MR) is 72.2 cm³/mol. The summed E-state index contributed by atoms with van der Waals surface area (Å²) >= 11 is 0. The van der Waals surface area contributed by atoms with Gasteiger partial charge < -0.3 is 10.6 Å². The molecule has 1 aromatic carbocycles. The van der Waals surface area contributed by atoms with Gasteiger partial charge in [0.1, 0.15) is 5.82 Å². The van der Waals surface area contributed by atoms with Crippen molar-refractivity contribution < 1.29 is 4.39 Å². The summed E-state index contributed by atoms with van der Waals surface area (Å²) in [5, 5.41) is 0. The molecule has 3 heteroatoms. The van der Waals surface area contributed by atoms with E-state index in [1.807, 2.05) is 13.0 Å². The summed E-state index contributed by atoms with van der Waals surface area (Å²) in [7, 11) is 0. The Morgan fingerprint density at radius 2 is 2.28 bits per heavy atom. The average molecular weight is 248 g/mol. The van der Waals surface area contributed by atoms with Gasteiger partial charge in [0.15, 0.2) is 0 Å². The zero-order chi connectivity index (χ0) is 12.7. The van der Waals surface area contributed by atoms with Crippen LogP contribution in [0.25, 0.3) is 0 Å². The van der Waals surface area contributed by atoms with Crippen LogP contribution in [-0.4, -0.2) is 18.6 Å². The molecule has 1 saturated heterocycles. The van der Waals surface area contributed by atoms with Crippen LogP contribution in [0.1, 0.15) is 31.7 Å². The van der Waals surface area contributed by atoms with Crippen molar-refractivity contribution in [1.82, 2.24) is 0 Å². The maximum Gasteiger partial charge on any atom is 0.146 e. The Morgan fingerprint density at radius 3 is 2.89 bits per heavy atom. The molecule has 18 heavy (non-hydrogen) atoms. The van der Waals surface area contributed by atoms with Crippen LogP contribution >= 0.6 is 0 Å². The minimum absolute atomic E-state index is 0.0744. The lowest BCUT2D eigenvalue weighted by Gasteiger charge is -2.31. The molecule has 0 amide bonds. The third-order valence-corrected chi connectivity index (χ3v) is 4.31. The van der Waals surface area contributed by atoms with Crippen molar-refractivity contribution >= 4 is 5.69 Å². The maximum absolute atomic E-state index is 14.2. The summed E-state index contributed by atoms with van der Waals surface area (Å²) < 4.78 is 14.2. The van der Waals surface area contributed by atoms with Gasteiger partial charge in [0.05, 0.1) is 5.69 Å². The maximum atomic E-state index is 14.2. The standard InChI is InChI=1S/C15H21FN2/c1-10(17)7-12-3-2-4-14(16)15(12)18-9-11-5-6-13(18)8-11/h2-4,10-11,13H,5-9,17H2,1H3. The van der Waals surface area contributed by atoms with E-state index in [-0.39, 0.29) is 11.9 Å². The topological polar surface area (TPSA) is 29.3 Å². The number of nitrogens with zero attached hydrogens (tertiary/aromatic N) is 1. The van der Waals surface area contributed by atoms with Crippen LogP contribution in [0.3, 0.4) is 0 Å². The lowest BCUT2D eigenvalue weighted by molar-refractivity contribution is 0.537. The van der Waals surface area contributed by atoms with Gasteiger partial charge >= 0.3 is 0 Å². The molecular formula is C15H21FN2. The number of rotatable bonds is 3. The van der Waals surface area contributed by atoms with Gasteiger partial charge in [-0.05, 0) is 50.2 Å². The molecule has 0 radical (unpaired) electrons. The zero-order valence-corrected chi connectivity index (χ0v) is 10.9. The van der Waals surface area contributed by atoms with Gasteiger partial charge in [-0.3, -0.25) is 0 Å². The fraction of sp³-hybridized carbons (Fsp3) is 0.600. The van der Waals surface area contributed by atoms with Crippen LogP contribution in [0.5, 0.6) is 0 Å². The average Bonchev–Trinajstić information content (AvgIpc) is 2.90. The van der Waals surface area contributed by atoms with E-state index in [0.29, 0.717) is 6.04 Å². The Morgan fingerprint density at radius 1 is 1.44 bits per heavy atom. The van der Waals surface area contributed by atoms with Crippen molar-refractivity contribution in [3.05, 3.63) is 29.6 Å². The summed E-state index contributed by atoms with van der Waals surface area (Å²) in [4.78, 5) is 2.29. The van der Waals surface area contributed by atoms with Crippen LogP contribution in [0.2, 0.25) is 0 Å². The predicted octanol–water partition coefficient (Wildman–Crippen LogP) is 2.70. The van der Waals surface area contributed by atoms with Gasteiger partial charge in [0, 0.05) is 18.6 Å². The van der Waals surface area contributed by atoms with Crippen LogP contribution in [0.15, 0.2) is 18.2 Å². The number of hydrogen-bond donors (Lipinski definition) is 1. The second-order valence-electron chi connectivity index (χ2n) is 5.91. The molecule has 2 aliphatic rings. The first kappa shape index (κ1) is 12.0. The van der Waals surface area contributed by atoms with Gasteiger partial charge in [-0.15, -0.1) is 0 Å². The number of nitrogens with two attached hydrogens (primary N) is 1. The monoisotopic (exact) mass is 248 g/mol. The Bertz CT molecular complexity index is 444. The molecule has 2 N–H and O–H groups in total. The molecule has 2 nitrogen and oxygen atoms in total. The third-order valence-electron chi connectivity index (χ3n) is 4.31. The molecule has 3 unspecified atom stereocenters. The van der Waals surface area contributed by atoms with Crippen LogP contribution in [0.4, 0.5) is 10.1 Å². The molecule has 2 bridgehead atoms. The Hall–Kier alpha value is -1.09. The van der Waals surface area contributed by atoms with Crippen molar-refractivity contribution in [3.8, 4) is 0 Å². The number of benzene rings is 1. The lowest BCUT2D eigenvalue weighted by atomic mass is 10.0. The number of anilines is 1. The minimum Gasteiger partial charge on any atom is -0.366 e. The summed E-state index contributed by atoms with van der Waals surface area (Å²) in [6.07, 6.45) is 4.53. The molecule has 1 heterocycles. The van der Waals surface area contributed by atoms with E-state index in [2.05, 4.69) is 4.90 Å². The summed E-state index contributed by atoms with van der Waals surface area (Å²) in [5.74, 6) is 0.693. The normalized spacial score (nSPS) is 27.8. The number of hydrogen-bond acceptors (Lipinski definition) is 2. The number of halogens is 1.